The summed E-state index contributed by atoms with van der Waals surface area (Å²) in [6.45, 7) is 0. The first kappa shape index (κ1) is 4.89. The molecular formula is C5H5N5O. The Labute approximate surface area is 62.7 Å². The molecule has 0 aliphatic rings. The Bertz CT molecular complexity index is 439. The molecule has 2 heterocycles. The van der Waals surface area contributed by atoms with Crippen molar-refractivity contribution < 1.29 is 6.58 Å². The van der Waals surface area contributed by atoms with Gasteiger partial charge in [-0.15, -0.1) is 0 Å². The minimum Gasteiger partial charge on any atom is -0.427 e. The van der Waals surface area contributed by atoms with Gasteiger partial charge in [-0.25, -0.2) is 15.0 Å². The van der Waals surface area contributed by atoms with Crippen LogP contribution < -0.4 is 5.73 Å². The van der Waals surface area contributed by atoms with Gasteiger partial charge in [0.15, 0.2) is 17.0 Å². The van der Waals surface area contributed by atoms with Gasteiger partial charge in [0.2, 0.25) is 0 Å². The van der Waals surface area contributed by atoms with Gasteiger partial charge in [0.25, 0.3) is 0 Å². The molecule has 0 atom stereocenters. The number of anilines is 1. The zero-order chi connectivity index (χ0) is 8.72. The fourth-order valence-electron chi connectivity index (χ4n) is 0.824. The lowest BCUT2D eigenvalue weighted by atomic mass is 10.5. The van der Waals surface area contributed by atoms with Crippen molar-refractivity contribution in [3.63, 3.8) is 0 Å². The van der Waals surface area contributed by atoms with E-state index in [0.29, 0.717) is 0 Å². The number of fused-ring (bicyclic) bond motifs is 1. The van der Waals surface area contributed by atoms with Gasteiger partial charge in [-0.3, -0.25) is 0 Å². The maximum absolute atomic E-state index is 9.12. The van der Waals surface area contributed by atoms with Gasteiger partial charge < -0.3 is 10.9 Å². The van der Waals surface area contributed by atoms with Gasteiger partial charge in [0.1, 0.15) is 14.0 Å². The Kier molecular flexibility index (Phi) is 0.807. The number of aromatic nitrogens is 4. The quantitative estimate of drug-likeness (QED) is 0.503. The second-order valence-electron chi connectivity index (χ2n) is 1.97. The van der Waals surface area contributed by atoms with Crippen LogP contribution in [0.1, 0.15) is 1.37 Å². The molecule has 0 spiro atoms. The van der Waals surface area contributed by atoms with Crippen LogP contribution in [0.5, 0.6) is 0 Å². The number of nitrogen functional groups attached to an aromatic ring is 1. The highest BCUT2D eigenvalue weighted by Gasteiger charge is 2.05. The van der Waals surface area contributed by atoms with Crippen LogP contribution in [-0.2, 0) is 0 Å². The molecule has 0 radical (unpaired) electrons. The summed E-state index contributed by atoms with van der Waals surface area (Å²) in [5.41, 5.74) is 5.86. The Morgan fingerprint density at radius 2 is 2.36 bits per heavy atom. The third kappa shape index (κ3) is 0.689. The van der Waals surface area contributed by atoms with Crippen molar-refractivity contribution in [2.75, 3.05) is 5.73 Å². The number of imidazole rings is 1. The monoisotopic (exact) mass is 152 g/mol. The van der Waals surface area contributed by atoms with Crippen LogP contribution in [0, 0.1) is 0 Å². The number of nitrogens with two attached hydrogens (primary N) is 1. The van der Waals surface area contributed by atoms with Gasteiger partial charge in [-0.2, -0.15) is 4.73 Å². The van der Waals surface area contributed by atoms with Gasteiger partial charge in [-0.05, 0) is 0 Å². The van der Waals surface area contributed by atoms with E-state index in [1.165, 1.54) is 0 Å². The standard InChI is InChI=1S/C5H5N5O/c6-4-3-5(8-1-7-4)9-2-10(3)11/h1-2,11H,(H2,6,7,8)/i1D. The molecule has 0 aliphatic carbocycles. The molecule has 0 saturated carbocycles. The summed E-state index contributed by atoms with van der Waals surface area (Å²) in [5.74, 6) is 0.0463. The SMILES string of the molecule is [2H]c1nc(N)c2c(ncn2O)n1. The average Bonchev–Trinajstić information content (AvgIpc) is 2.31. The van der Waals surface area contributed by atoms with Crippen molar-refractivity contribution >= 4 is 17.0 Å². The van der Waals surface area contributed by atoms with Crippen LogP contribution in [0.4, 0.5) is 5.82 Å². The molecule has 0 fully saturated rings. The Morgan fingerprint density at radius 1 is 1.55 bits per heavy atom. The van der Waals surface area contributed by atoms with E-state index in [0.717, 1.165) is 11.1 Å². The summed E-state index contributed by atoms with van der Waals surface area (Å²) in [5, 5.41) is 9.12. The first-order valence-corrected chi connectivity index (χ1v) is 2.85. The first-order chi connectivity index (χ1) is 5.68. The summed E-state index contributed by atoms with van der Waals surface area (Å²) in [7, 11) is 0. The van der Waals surface area contributed by atoms with Crippen LogP contribution in [-0.4, -0.2) is 24.9 Å². The molecule has 0 aliphatic heterocycles. The smallest absolute Gasteiger partial charge is 0.186 e. The maximum Gasteiger partial charge on any atom is 0.186 e. The molecule has 56 valence electrons. The molecular weight excluding hydrogens is 146 g/mol. The van der Waals surface area contributed by atoms with E-state index in [2.05, 4.69) is 15.0 Å². The van der Waals surface area contributed by atoms with Crippen molar-refractivity contribution in [1.82, 2.24) is 19.7 Å². The van der Waals surface area contributed by atoms with Crippen LogP contribution in [0.3, 0.4) is 0 Å². The van der Waals surface area contributed by atoms with Gasteiger partial charge in [0.05, 0.1) is 0 Å². The Balaban J connectivity index is 2.93. The lowest BCUT2D eigenvalue weighted by molar-refractivity contribution is 0.198. The molecule has 2 rings (SSSR count). The second kappa shape index (κ2) is 1.82. The zero-order valence-electron chi connectivity index (χ0n) is 6.39. The molecule has 0 aromatic carbocycles. The summed E-state index contributed by atoms with van der Waals surface area (Å²) in [4.78, 5) is 10.9. The second-order valence-corrected chi connectivity index (χ2v) is 1.97. The van der Waals surface area contributed by atoms with Crippen LogP contribution in [0.15, 0.2) is 12.6 Å². The summed E-state index contributed by atoms with van der Waals surface area (Å²) in [6, 6.07) is 0. The first-order valence-electron chi connectivity index (χ1n) is 3.35. The lowest BCUT2D eigenvalue weighted by Gasteiger charge is -1.93. The third-order valence-electron chi connectivity index (χ3n) is 1.30. The van der Waals surface area contributed by atoms with Gasteiger partial charge in [0, 0.05) is 0 Å². The minimum atomic E-state index is -0.210. The van der Waals surface area contributed by atoms with Crippen LogP contribution in [0.25, 0.3) is 11.2 Å². The average molecular weight is 152 g/mol. The van der Waals surface area contributed by atoms with Gasteiger partial charge >= 0.3 is 0 Å². The summed E-state index contributed by atoms with van der Waals surface area (Å²) >= 11 is 0. The van der Waals surface area contributed by atoms with Gasteiger partial charge in [-0.1, -0.05) is 0 Å². The van der Waals surface area contributed by atoms with E-state index >= 15 is 0 Å². The molecule has 3 N–H and O–H groups in total. The molecule has 2 aromatic rings. The zero-order valence-corrected chi connectivity index (χ0v) is 5.39. The van der Waals surface area contributed by atoms with Crippen LogP contribution >= 0.6 is 0 Å². The predicted molar refractivity (Wildman–Crippen MR) is 36.9 cm³/mol. The summed E-state index contributed by atoms with van der Waals surface area (Å²) in [6.07, 6.45) is 0.938. The van der Waals surface area contributed by atoms with Crippen molar-refractivity contribution in [1.29, 1.82) is 0 Å². The predicted octanol–water partition coefficient (Wildman–Crippen LogP) is -0.354. The number of hydrogen-bond donors (Lipinski definition) is 2. The summed E-state index contributed by atoms with van der Waals surface area (Å²) < 4.78 is 7.82. The van der Waals surface area contributed by atoms with E-state index in [9.17, 15) is 0 Å². The fraction of sp³-hybridized carbons (Fsp3) is 0. The highest BCUT2D eigenvalue weighted by molar-refractivity contribution is 5.80. The Morgan fingerprint density at radius 3 is 3.18 bits per heavy atom. The third-order valence-corrected chi connectivity index (χ3v) is 1.30. The topological polar surface area (TPSA) is 89.8 Å². The molecule has 2 aromatic heterocycles. The number of rotatable bonds is 0. The van der Waals surface area contributed by atoms with Crippen molar-refractivity contribution in [2.45, 2.75) is 0 Å². The maximum atomic E-state index is 9.12. The highest BCUT2D eigenvalue weighted by atomic mass is 16.5. The number of nitrogens with zero attached hydrogens (tertiary/aromatic N) is 4. The van der Waals surface area contributed by atoms with E-state index in [4.69, 9.17) is 12.3 Å². The van der Waals surface area contributed by atoms with Crippen LogP contribution in [0.2, 0.25) is 0 Å². The van der Waals surface area contributed by atoms with Crippen molar-refractivity contribution in [3.8, 4) is 0 Å². The molecule has 0 unspecified atom stereocenters. The minimum absolute atomic E-state index is 0.0463. The van der Waals surface area contributed by atoms with E-state index < -0.39 is 0 Å². The molecule has 0 bridgehead atoms. The van der Waals surface area contributed by atoms with Crippen molar-refractivity contribution in [3.05, 3.63) is 12.6 Å². The number of hydrogen-bond acceptors (Lipinski definition) is 5. The highest BCUT2D eigenvalue weighted by Crippen LogP contribution is 2.12. The molecule has 6 nitrogen and oxygen atoms in total. The Hall–Kier alpha value is -1.85. The lowest BCUT2D eigenvalue weighted by Crippen LogP contribution is -1.96. The molecule has 0 amide bonds. The molecule has 0 saturated heterocycles. The fourth-order valence-corrected chi connectivity index (χ4v) is 0.824. The van der Waals surface area contributed by atoms with E-state index in [-0.39, 0.29) is 23.3 Å². The van der Waals surface area contributed by atoms with E-state index in [1.54, 1.807) is 0 Å². The largest absolute Gasteiger partial charge is 0.427 e. The normalized spacial score (nSPS) is 11.8. The molecule has 6 heteroatoms. The molecule has 11 heavy (non-hydrogen) atoms. The van der Waals surface area contributed by atoms with Crippen molar-refractivity contribution in [2.24, 2.45) is 0 Å². The van der Waals surface area contributed by atoms with E-state index in [1.807, 2.05) is 0 Å².